The smallest absolute Gasteiger partial charge is 0.261 e. The summed E-state index contributed by atoms with van der Waals surface area (Å²) in [4.78, 5) is 17.4. The molecule has 0 unspecified atom stereocenters. The molecule has 136 valence electrons. The fourth-order valence-corrected chi connectivity index (χ4v) is 3.39. The van der Waals surface area contributed by atoms with Crippen molar-refractivity contribution in [1.82, 2.24) is 19.2 Å². The van der Waals surface area contributed by atoms with Gasteiger partial charge in [0.05, 0.1) is 23.6 Å². The monoisotopic (exact) mass is 370 g/mol. The van der Waals surface area contributed by atoms with E-state index in [2.05, 4.69) is 10.1 Å². The van der Waals surface area contributed by atoms with E-state index in [4.69, 9.17) is 0 Å². The van der Waals surface area contributed by atoms with Crippen LogP contribution < -0.4 is 5.56 Å². The number of hydrogen-bond acceptors (Lipinski definition) is 3. The number of pyridine rings is 1. The molecule has 0 N–H and O–H groups in total. The van der Waals surface area contributed by atoms with Crippen LogP contribution in [0.4, 0.5) is 4.39 Å². The number of halogens is 1. The van der Waals surface area contributed by atoms with Gasteiger partial charge in [0.2, 0.25) is 0 Å². The minimum absolute atomic E-state index is 0.116. The van der Waals surface area contributed by atoms with Crippen molar-refractivity contribution in [2.45, 2.75) is 6.54 Å². The summed E-state index contributed by atoms with van der Waals surface area (Å²) >= 11 is 0. The Balaban J connectivity index is 1.64. The molecule has 0 aliphatic heterocycles. The largest absolute Gasteiger partial charge is 0.310 e. The predicted molar refractivity (Wildman–Crippen MR) is 106 cm³/mol. The first kappa shape index (κ1) is 16.4. The van der Waals surface area contributed by atoms with E-state index in [1.54, 1.807) is 39.8 Å². The van der Waals surface area contributed by atoms with Crippen LogP contribution in [0.25, 0.3) is 27.7 Å². The van der Waals surface area contributed by atoms with E-state index in [9.17, 15) is 9.18 Å². The van der Waals surface area contributed by atoms with Crippen molar-refractivity contribution in [3.63, 3.8) is 0 Å². The number of benzene rings is 2. The highest BCUT2D eigenvalue weighted by Gasteiger charge is 2.13. The van der Waals surface area contributed by atoms with Gasteiger partial charge in [-0.1, -0.05) is 42.5 Å². The Morgan fingerprint density at radius 2 is 1.71 bits per heavy atom. The van der Waals surface area contributed by atoms with Crippen LogP contribution in [0.1, 0.15) is 5.56 Å². The van der Waals surface area contributed by atoms with Gasteiger partial charge in [0.25, 0.3) is 5.56 Å². The molecular weight excluding hydrogens is 355 g/mol. The lowest BCUT2D eigenvalue weighted by molar-refractivity contribution is 0.628. The molecule has 0 bridgehead atoms. The highest BCUT2D eigenvalue weighted by molar-refractivity contribution is 5.85. The standard InChI is InChI=1S/C22H15FN4O/c23-17-8-6-16(7-9-17)18-13-25-27-20-10-11-26(14-15-4-2-1-3-5-15)22(28)19(20)12-24-21(18)27/h1-13H,14H2. The summed E-state index contributed by atoms with van der Waals surface area (Å²) in [5.74, 6) is -0.294. The number of hydrogen-bond donors (Lipinski definition) is 0. The van der Waals surface area contributed by atoms with Crippen molar-refractivity contribution < 1.29 is 4.39 Å². The van der Waals surface area contributed by atoms with Crippen molar-refractivity contribution in [3.05, 3.63) is 101 Å². The van der Waals surface area contributed by atoms with Gasteiger partial charge in [-0.05, 0) is 29.3 Å². The average molecular weight is 370 g/mol. The van der Waals surface area contributed by atoms with Crippen molar-refractivity contribution in [2.75, 3.05) is 0 Å². The van der Waals surface area contributed by atoms with Crippen LogP contribution >= 0.6 is 0 Å². The zero-order valence-electron chi connectivity index (χ0n) is 14.8. The lowest BCUT2D eigenvalue weighted by atomic mass is 10.1. The van der Waals surface area contributed by atoms with E-state index >= 15 is 0 Å². The third-order valence-electron chi connectivity index (χ3n) is 4.82. The molecule has 3 aromatic heterocycles. The molecule has 0 aliphatic rings. The Bertz CT molecular complexity index is 1350. The quantitative estimate of drug-likeness (QED) is 0.484. The first-order valence-electron chi connectivity index (χ1n) is 8.86. The topological polar surface area (TPSA) is 52.2 Å². The van der Waals surface area contributed by atoms with Crippen LogP contribution in [0.2, 0.25) is 0 Å². The number of rotatable bonds is 3. The number of fused-ring (bicyclic) bond motifs is 3. The Morgan fingerprint density at radius 1 is 0.929 bits per heavy atom. The van der Waals surface area contributed by atoms with E-state index < -0.39 is 0 Å². The second-order valence-corrected chi connectivity index (χ2v) is 6.59. The maximum Gasteiger partial charge on any atom is 0.261 e. The summed E-state index contributed by atoms with van der Waals surface area (Å²) < 4.78 is 16.5. The third kappa shape index (κ3) is 2.66. The molecule has 5 rings (SSSR count). The molecule has 3 heterocycles. The molecule has 0 spiro atoms. The van der Waals surface area contributed by atoms with Gasteiger partial charge in [-0.25, -0.2) is 13.9 Å². The van der Waals surface area contributed by atoms with Crippen LogP contribution in [-0.2, 0) is 6.54 Å². The summed E-state index contributed by atoms with van der Waals surface area (Å²) in [5, 5.41) is 4.91. The van der Waals surface area contributed by atoms with Crippen LogP contribution in [0.15, 0.2) is 84.0 Å². The van der Waals surface area contributed by atoms with Gasteiger partial charge in [-0.3, -0.25) is 4.79 Å². The second kappa shape index (κ2) is 6.42. The highest BCUT2D eigenvalue weighted by Crippen LogP contribution is 2.25. The minimum atomic E-state index is -0.294. The van der Waals surface area contributed by atoms with Gasteiger partial charge in [-0.2, -0.15) is 5.10 Å². The van der Waals surface area contributed by atoms with E-state index in [-0.39, 0.29) is 11.4 Å². The summed E-state index contributed by atoms with van der Waals surface area (Å²) in [6.45, 7) is 0.494. The molecule has 5 aromatic rings. The molecule has 0 amide bonds. The van der Waals surface area contributed by atoms with Crippen LogP contribution in [0.5, 0.6) is 0 Å². The summed E-state index contributed by atoms with van der Waals surface area (Å²) in [7, 11) is 0. The number of nitrogens with zero attached hydrogens (tertiary/aromatic N) is 4. The van der Waals surface area contributed by atoms with Crippen LogP contribution in [-0.4, -0.2) is 19.2 Å². The molecule has 0 atom stereocenters. The van der Waals surface area contributed by atoms with Crippen molar-refractivity contribution in [1.29, 1.82) is 0 Å². The van der Waals surface area contributed by atoms with E-state index in [0.29, 0.717) is 23.1 Å². The van der Waals surface area contributed by atoms with Crippen molar-refractivity contribution in [2.24, 2.45) is 0 Å². The molecular formula is C22H15FN4O. The molecule has 0 saturated heterocycles. The maximum atomic E-state index is 13.2. The molecule has 2 aromatic carbocycles. The summed E-state index contributed by atoms with van der Waals surface area (Å²) in [6, 6.07) is 17.9. The lowest BCUT2D eigenvalue weighted by Crippen LogP contribution is -2.21. The molecule has 0 radical (unpaired) electrons. The Hall–Kier alpha value is -3.80. The Labute approximate surface area is 159 Å². The van der Waals surface area contributed by atoms with Crippen molar-refractivity contribution in [3.8, 4) is 11.1 Å². The molecule has 6 heteroatoms. The van der Waals surface area contributed by atoms with Gasteiger partial charge >= 0.3 is 0 Å². The molecule has 5 nitrogen and oxygen atoms in total. The first-order chi connectivity index (χ1) is 13.7. The first-order valence-corrected chi connectivity index (χ1v) is 8.86. The van der Waals surface area contributed by atoms with E-state index in [0.717, 1.165) is 16.7 Å². The highest BCUT2D eigenvalue weighted by atomic mass is 19.1. The fourth-order valence-electron chi connectivity index (χ4n) is 3.39. The average Bonchev–Trinajstić information content (AvgIpc) is 3.16. The third-order valence-corrected chi connectivity index (χ3v) is 4.82. The summed E-state index contributed by atoms with van der Waals surface area (Å²) in [6.07, 6.45) is 5.05. The molecule has 0 fully saturated rings. The van der Waals surface area contributed by atoms with E-state index in [1.165, 1.54) is 12.1 Å². The Morgan fingerprint density at radius 3 is 2.50 bits per heavy atom. The lowest BCUT2D eigenvalue weighted by Gasteiger charge is -2.08. The Kier molecular flexibility index (Phi) is 3.76. The minimum Gasteiger partial charge on any atom is -0.310 e. The van der Waals surface area contributed by atoms with Crippen molar-refractivity contribution >= 4 is 16.6 Å². The second-order valence-electron chi connectivity index (χ2n) is 6.59. The fraction of sp³-hybridized carbons (Fsp3) is 0.0455. The van der Waals surface area contributed by atoms with Gasteiger partial charge in [0.1, 0.15) is 5.82 Å². The normalized spacial score (nSPS) is 11.3. The van der Waals surface area contributed by atoms with E-state index in [1.807, 2.05) is 36.4 Å². The maximum absolute atomic E-state index is 13.2. The van der Waals surface area contributed by atoms with Gasteiger partial charge in [0, 0.05) is 18.0 Å². The zero-order valence-corrected chi connectivity index (χ0v) is 14.8. The molecule has 0 aliphatic carbocycles. The zero-order chi connectivity index (χ0) is 19.1. The molecule has 0 saturated carbocycles. The van der Waals surface area contributed by atoms with Gasteiger partial charge in [0.15, 0.2) is 5.65 Å². The van der Waals surface area contributed by atoms with Crippen LogP contribution in [0.3, 0.4) is 0 Å². The van der Waals surface area contributed by atoms with Gasteiger partial charge in [-0.15, -0.1) is 0 Å². The SMILES string of the molecule is O=c1c2cnc3c(-c4ccc(F)cc4)cnn3c2ccn1Cc1ccccc1. The van der Waals surface area contributed by atoms with Crippen LogP contribution in [0, 0.1) is 5.82 Å². The predicted octanol–water partition coefficient (Wildman–Crippen LogP) is 3.90. The number of aromatic nitrogens is 4. The summed E-state index contributed by atoms with van der Waals surface area (Å²) in [5.41, 5.74) is 3.85. The molecule has 28 heavy (non-hydrogen) atoms. The van der Waals surface area contributed by atoms with Gasteiger partial charge < -0.3 is 4.57 Å².